The zero-order chi connectivity index (χ0) is 15.7. The molecule has 0 spiro atoms. The SMILES string of the molecule is CC(=O)Oc1ccccc1C(=O)OCCCOO[N+](=O)[O-]. The maximum Gasteiger partial charge on any atom is 0.341 e. The monoisotopic (exact) mass is 299 g/mol. The molecule has 21 heavy (non-hydrogen) atoms. The molecule has 1 rings (SSSR count). The zero-order valence-electron chi connectivity index (χ0n) is 11.1. The molecular formula is C12H13NO8. The first kappa shape index (κ1) is 16.4. The second-order valence-corrected chi connectivity index (χ2v) is 3.70. The zero-order valence-corrected chi connectivity index (χ0v) is 11.1. The van der Waals surface area contributed by atoms with Gasteiger partial charge in [0.1, 0.15) is 11.3 Å². The molecule has 0 atom stereocenters. The summed E-state index contributed by atoms with van der Waals surface area (Å²) in [5.41, 5.74) is 0.107. The third-order valence-corrected chi connectivity index (χ3v) is 2.08. The van der Waals surface area contributed by atoms with E-state index in [0.29, 0.717) is 0 Å². The molecule has 9 heteroatoms. The molecule has 0 aliphatic rings. The lowest BCUT2D eigenvalue weighted by Crippen LogP contribution is -2.12. The molecule has 0 unspecified atom stereocenters. The number of ether oxygens (including phenoxy) is 2. The van der Waals surface area contributed by atoms with Crippen LogP contribution in [-0.4, -0.2) is 30.2 Å². The van der Waals surface area contributed by atoms with E-state index in [4.69, 9.17) is 9.47 Å². The average Bonchev–Trinajstić information content (AvgIpc) is 2.42. The number of hydrogen-bond acceptors (Lipinski definition) is 8. The highest BCUT2D eigenvalue weighted by atomic mass is 17.3. The number of benzene rings is 1. The lowest BCUT2D eigenvalue weighted by atomic mass is 10.2. The van der Waals surface area contributed by atoms with Gasteiger partial charge in [0.2, 0.25) is 0 Å². The second-order valence-electron chi connectivity index (χ2n) is 3.70. The van der Waals surface area contributed by atoms with Crippen LogP contribution < -0.4 is 4.74 Å². The first-order valence-electron chi connectivity index (χ1n) is 5.89. The Bertz CT molecular complexity index is 516. The lowest BCUT2D eigenvalue weighted by Gasteiger charge is -2.08. The predicted octanol–water partition coefficient (Wildman–Crippen LogP) is 1.30. The van der Waals surface area contributed by atoms with Crippen LogP contribution >= 0.6 is 0 Å². The molecule has 0 radical (unpaired) electrons. The number of esters is 2. The highest BCUT2D eigenvalue weighted by Crippen LogP contribution is 2.19. The van der Waals surface area contributed by atoms with Gasteiger partial charge in [0.25, 0.3) is 0 Å². The number of carbonyl (C=O) groups is 2. The van der Waals surface area contributed by atoms with Gasteiger partial charge in [-0.2, -0.15) is 4.89 Å². The Morgan fingerprint density at radius 3 is 2.62 bits per heavy atom. The van der Waals surface area contributed by atoms with Crippen LogP contribution in [-0.2, 0) is 19.4 Å². The Hall–Kier alpha value is -2.68. The van der Waals surface area contributed by atoms with Crippen molar-refractivity contribution in [1.29, 1.82) is 0 Å². The van der Waals surface area contributed by atoms with E-state index in [1.54, 1.807) is 12.1 Å². The summed E-state index contributed by atoms with van der Waals surface area (Å²) in [6.45, 7) is 1.07. The van der Waals surface area contributed by atoms with Crippen molar-refractivity contribution in [2.45, 2.75) is 13.3 Å². The molecule has 1 aromatic rings. The minimum absolute atomic E-state index is 0.0334. The Morgan fingerprint density at radius 1 is 1.24 bits per heavy atom. The Labute approximate surface area is 119 Å². The van der Waals surface area contributed by atoms with E-state index < -0.39 is 17.0 Å². The normalized spacial score (nSPS) is 9.76. The summed E-state index contributed by atoms with van der Waals surface area (Å²) in [5, 5.41) is 8.69. The fourth-order valence-corrected chi connectivity index (χ4v) is 1.32. The number of para-hydroxylation sites is 1. The summed E-state index contributed by atoms with van der Waals surface area (Å²) in [4.78, 5) is 40.3. The summed E-state index contributed by atoms with van der Waals surface area (Å²) in [6, 6.07) is 6.12. The molecule has 0 aliphatic heterocycles. The standard InChI is InChI=1S/C12H13NO8/c1-9(14)20-11-6-3-2-5-10(11)12(15)18-7-4-8-19-21-13(16)17/h2-3,5-6H,4,7-8H2,1H3. The van der Waals surface area contributed by atoms with Crippen LogP contribution in [0.15, 0.2) is 24.3 Å². The van der Waals surface area contributed by atoms with Gasteiger partial charge in [-0.05, 0) is 12.1 Å². The van der Waals surface area contributed by atoms with Gasteiger partial charge in [0.15, 0.2) is 0 Å². The van der Waals surface area contributed by atoms with Gasteiger partial charge in [0.05, 0.1) is 13.2 Å². The molecule has 0 aliphatic carbocycles. The maximum absolute atomic E-state index is 11.8. The number of carbonyl (C=O) groups excluding carboxylic acids is 2. The average molecular weight is 299 g/mol. The predicted molar refractivity (Wildman–Crippen MR) is 66.7 cm³/mol. The smallest absolute Gasteiger partial charge is 0.341 e. The van der Waals surface area contributed by atoms with Crippen LogP contribution in [0, 0.1) is 10.1 Å². The summed E-state index contributed by atoms with van der Waals surface area (Å²) in [7, 11) is 0. The first-order valence-corrected chi connectivity index (χ1v) is 5.89. The van der Waals surface area contributed by atoms with Crippen LogP contribution in [0.1, 0.15) is 23.7 Å². The van der Waals surface area contributed by atoms with E-state index in [0.717, 1.165) is 0 Å². The Morgan fingerprint density at radius 2 is 1.95 bits per heavy atom. The summed E-state index contributed by atoms with van der Waals surface area (Å²) >= 11 is 0. The topological polar surface area (TPSA) is 114 Å². The van der Waals surface area contributed by atoms with Crippen molar-refractivity contribution in [2.75, 3.05) is 13.2 Å². The van der Waals surface area contributed by atoms with E-state index in [1.165, 1.54) is 19.1 Å². The van der Waals surface area contributed by atoms with E-state index >= 15 is 0 Å². The van der Waals surface area contributed by atoms with Crippen LogP contribution in [0.25, 0.3) is 0 Å². The third-order valence-electron chi connectivity index (χ3n) is 2.08. The van der Waals surface area contributed by atoms with Gasteiger partial charge in [-0.1, -0.05) is 12.1 Å². The van der Waals surface area contributed by atoms with Crippen molar-refractivity contribution >= 4 is 11.9 Å². The minimum Gasteiger partial charge on any atom is -0.462 e. The number of hydrogen-bond donors (Lipinski definition) is 0. The molecule has 9 nitrogen and oxygen atoms in total. The van der Waals surface area contributed by atoms with Gasteiger partial charge in [-0.15, -0.1) is 15.1 Å². The van der Waals surface area contributed by atoms with Crippen molar-refractivity contribution in [1.82, 2.24) is 0 Å². The highest BCUT2D eigenvalue weighted by Gasteiger charge is 2.14. The van der Waals surface area contributed by atoms with Crippen LogP contribution in [0.4, 0.5) is 0 Å². The highest BCUT2D eigenvalue weighted by molar-refractivity contribution is 5.93. The molecule has 0 amide bonds. The van der Waals surface area contributed by atoms with Gasteiger partial charge in [-0.25, -0.2) is 4.79 Å². The summed E-state index contributed by atoms with van der Waals surface area (Å²) in [6.07, 6.45) is 0.204. The van der Waals surface area contributed by atoms with Crippen LogP contribution in [0.5, 0.6) is 5.75 Å². The van der Waals surface area contributed by atoms with E-state index in [-0.39, 0.29) is 30.9 Å². The summed E-state index contributed by atoms with van der Waals surface area (Å²) in [5.74, 6) is -1.13. The quantitative estimate of drug-likeness (QED) is 0.176. The fraction of sp³-hybridized carbons (Fsp3) is 0.333. The van der Waals surface area contributed by atoms with E-state index in [9.17, 15) is 19.7 Å². The van der Waals surface area contributed by atoms with Crippen molar-refractivity contribution in [3.8, 4) is 5.75 Å². The molecular weight excluding hydrogens is 286 g/mol. The minimum atomic E-state index is -1.10. The second kappa shape index (κ2) is 8.48. The number of rotatable bonds is 8. The molecule has 1 aromatic carbocycles. The van der Waals surface area contributed by atoms with Crippen LogP contribution in [0.3, 0.4) is 0 Å². The largest absolute Gasteiger partial charge is 0.462 e. The molecule has 0 fully saturated rings. The van der Waals surface area contributed by atoms with Crippen molar-refractivity contribution < 1.29 is 34.0 Å². The van der Waals surface area contributed by atoms with E-state index in [2.05, 4.69) is 9.88 Å². The molecule has 0 saturated carbocycles. The molecule has 0 heterocycles. The summed E-state index contributed by atoms with van der Waals surface area (Å²) < 4.78 is 9.80. The molecule has 0 aromatic heterocycles. The van der Waals surface area contributed by atoms with E-state index in [1.807, 2.05) is 0 Å². The maximum atomic E-state index is 11.8. The molecule has 0 N–H and O–H groups in total. The third kappa shape index (κ3) is 6.34. The van der Waals surface area contributed by atoms with Gasteiger partial charge in [-0.3, -0.25) is 4.79 Å². The lowest BCUT2D eigenvalue weighted by molar-refractivity contribution is -0.850. The number of nitrogens with zero attached hydrogens (tertiary/aromatic N) is 1. The fourth-order valence-electron chi connectivity index (χ4n) is 1.32. The first-order chi connectivity index (χ1) is 10.0. The van der Waals surface area contributed by atoms with Gasteiger partial charge < -0.3 is 9.47 Å². The van der Waals surface area contributed by atoms with Crippen molar-refractivity contribution in [3.63, 3.8) is 0 Å². The Balaban J connectivity index is 2.41. The Kier molecular flexibility index (Phi) is 6.61. The molecule has 114 valence electrons. The van der Waals surface area contributed by atoms with Crippen molar-refractivity contribution in [2.24, 2.45) is 0 Å². The van der Waals surface area contributed by atoms with Gasteiger partial charge in [0, 0.05) is 13.3 Å². The van der Waals surface area contributed by atoms with Crippen molar-refractivity contribution in [3.05, 3.63) is 39.9 Å². The molecule has 0 saturated heterocycles. The van der Waals surface area contributed by atoms with Crippen LogP contribution in [0.2, 0.25) is 0 Å². The van der Waals surface area contributed by atoms with Gasteiger partial charge >= 0.3 is 17.0 Å². The molecule has 0 bridgehead atoms.